The molecule has 1 fully saturated rings. The second-order valence-electron chi connectivity index (χ2n) is 13.0. The van der Waals surface area contributed by atoms with Gasteiger partial charge in [-0.1, -0.05) is 125 Å². The van der Waals surface area contributed by atoms with E-state index in [4.69, 9.17) is 4.74 Å². The molecule has 0 bridgehead atoms. The van der Waals surface area contributed by atoms with Crippen LogP contribution >= 0.6 is 0 Å². The van der Waals surface area contributed by atoms with Gasteiger partial charge in [0.15, 0.2) is 0 Å². The van der Waals surface area contributed by atoms with Crippen LogP contribution in [0.1, 0.15) is 81.4 Å². The lowest BCUT2D eigenvalue weighted by molar-refractivity contribution is -0.130. The number of carbonyl (C=O) groups is 3. The molecule has 7 heteroatoms. The Hall–Kier alpha value is -4.13. The first-order chi connectivity index (χ1) is 21.9. The zero-order chi connectivity index (χ0) is 31.6. The maximum absolute atomic E-state index is 13.7. The van der Waals surface area contributed by atoms with Crippen LogP contribution in [0.4, 0.5) is 4.79 Å². The van der Waals surface area contributed by atoms with Crippen LogP contribution in [0.5, 0.6) is 0 Å². The fraction of sp³-hybridized carbons (Fsp3) is 0.447. The Labute approximate surface area is 267 Å². The maximum Gasteiger partial charge on any atom is 0.407 e. The Kier molecular flexibility index (Phi) is 11.3. The zero-order valence-corrected chi connectivity index (χ0v) is 26.6. The molecule has 2 atom stereocenters. The normalized spacial score (nSPS) is 15.9. The van der Waals surface area contributed by atoms with Gasteiger partial charge in [0.25, 0.3) is 0 Å². The molecule has 0 aromatic heterocycles. The first-order valence-electron chi connectivity index (χ1n) is 16.6. The van der Waals surface area contributed by atoms with Crippen LogP contribution in [0.15, 0.2) is 78.9 Å². The third kappa shape index (κ3) is 8.74. The molecule has 2 aliphatic rings. The maximum atomic E-state index is 13.7. The Morgan fingerprint density at radius 2 is 1.38 bits per heavy atom. The van der Waals surface area contributed by atoms with Crippen molar-refractivity contribution in [3.8, 4) is 11.1 Å². The molecule has 238 valence electrons. The largest absolute Gasteiger partial charge is 0.449 e. The van der Waals surface area contributed by atoms with E-state index in [1.165, 1.54) is 6.42 Å². The molecule has 2 aliphatic carbocycles. The predicted molar refractivity (Wildman–Crippen MR) is 178 cm³/mol. The van der Waals surface area contributed by atoms with Crippen LogP contribution < -0.4 is 16.0 Å². The van der Waals surface area contributed by atoms with Gasteiger partial charge in [0.1, 0.15) is 18.7 Å². The standard InChI is InChI=1S/C38H47N3O4/c1-26(2)23-34(41-38(44)45-25-33-31-19-11-9-17-29(31)30-18-10-12-20-32(30)33)37(43)40-35(24-28-15-7-4-8-16-28)36(42)39-22-21-27-13-5-3-6-14-27/h3,5-6,9-14,17-20,26,28,33-35H,4,7-8,15-16,21-25H2,1-2H3,(H,39,42)(H,40,43)(H,41,44)/t34-,35-/m0/s1. The van der Waals surface area contributed by atoms with Crippen molar-refractivity contribution in [2.45, 2.75) is 83.2 Å². The summed E-state index contributed by atoms with van der Waals surface area (Å²) in [7, 11) is 0. The van der Waals surface area contributed by atoms with E-state index in [-0.39, 0.29) is 30.3 Å². The lowest BCUT2D eigenvalue weighted by Gasteiger charge is -2.28. The molecule has 3 N–H and O–H groups in total. The number of rotatable bonds is 13. The number of hydrogen-bond donors (Lipinski definition) is 3. The SMILES string of the molecule is CC(C)C[C@H](NC(=O)OCC1c2ccccc2-c2ccccc21)C(=O)N[C@@H](CC1CCCCC1)C(=O)NCCc1ccccc1. The minimum Gasteiger partial charge on any atom is -0.449 e. The van der Waals surface area contributed by atoms with Gasteiger partial charge in [-0.15, -0.1) is 0 Å². The highest BCUT2D eigenvalue weighted by Crippen LogP contribution is 2.44. The molecule has 0 aliphatic heterocycles. The van der Waals surface area contributed by atoms with Crippen molar-refractivity contribution < 1.29 is 19.1 Å². The number of amides is 3. The van der Waals surface area contributed by atoms with Crippen LogP contribution in [0.3, 0.4) is 0 Å². The first-order valence-corrected chi connectivity index (χ1v) is 16.6. The Morgan fingerprint density at radius 1 is 0.756 bits per heavy atom. The topological polar surface area (TPSA) is 96.5 Å². The van der Waals surface area contributed by atoms with E-state index >= 15 is 0 Å². The second-order valence-corrected chi connectivity index (χ2v) is 13.0. The molecule has 3 amide bonds. The van der Waals surface area contributed by atoms with E-state index in [0.717, 1.165) is 59.9 Å². The highest BCUT2D eigenvalue weighted by atomic mass is 16.5. The van der Waals surface area contributed by atoms with Crippen molar-refractivity contribution in [3.05, 3.63) is 95.6 Å². The summed E-state index contributed by atoms with van der Waals surface area (Å²) in [4.78, 5) is 40.3. The van der Waals surface area contributed by atoms with Crippen molar-refractivity contribution >= 4 is 17.9 Å². The van der Waals surface area contributed by atoms with Crippen molar-refractivity contribution in [2.75, 3.05) is 13.2 Å². The fourth-order valence-electron chi connectivity index (χ4n) is 6.84. The van der Waals surface area contributed by atoms with Gasteiger partial charge in [-0.05, 0) is 58.9 Å². The lowest BCUT2D eigenvalue weighted by Crippen LogP contribution is -2.54. The number of ether oxygens (including phenoxy) is 1. The molecule has 0 radical (unpaired) electrons. The molecule has 0 heterocycles. The molecule has 45 heavy (non-hydrogen) atoms. The smallest absolute Gasteiger partial charge is 0.407 e. The van der Waals surface area contributed by atoms with Gasteiger partial charge in [-0.2, -0.15) is 0 Å². The summed E-state index contributed by atoms with van der Waals surface area (Å²) in [5.41, 5.74) is 5.73. The van der Waals surface area contributed by atoms with Crippen LogP contribution in [0.2, 0.25) is 0 Å². The van der Waals surface area contributed by atoms with Crippen molar-refractivity contribution in [1.82, 2.24) is 16.0 Å². The molecule has 0 saturated heterocycles. The van der Waals surface area contributed by atoms with Gasteiger partial charge < -0.3 is 20.7 Å². The molecule has 3 aromatic carbocycles. The van der Waals surface area contributed by atoms with E-state index in [0.29, 0.717) is 25.3 Å². The van der Waals surface area contributed by atoms with Crippen LogP contribution in [0, 0.1) is 11.8 Å². The number of carbonyl (C=O) groups excluding carboxylic acids is 3. The van der Waals surface area contributed by atoms with Crippen molar-refractivity contribution in [2.24, 2.45) is 11.8 Å². The Balaban J connectivity index is 1.21. The average Bonchev–Trinajstić information content (AvgIpc) is 3.37. The summed E-state index contributed by atoms with van der Waals surface area (Å²) in [6.45, 7) is 4.68. The van der Waals surface area contributed by atoms with Crippen molar-refractivity contribution in [3.63, 3.8) is 0 Å². The molecule has 3 aromatic rings. The third-order valence-electron chi connectivity index (χ3n) is 9.14. The van der Waals surface area contributed by atoms with Crippen LogP contribution in [0.25, 0.3) is 11.1 Å². The molecular weight excluding hydrogens is 562 g/mol. The molecule has 1 saturated carbocycles. The Morgan fingerprint density at radius 3 is 2.02 bits per heavy atom. The zero-order valence-electron chi connectivity index (χ0n) is 26.6. The lowest BCUT2D eigenvalue weighted by atomic mass is 9.84. The minimum atomic E-state index is -0.813. The summed E-state index contributed by atoms with van der Waals surface area (Å²) in [5, 5.41) is 8.90. The number of benzene rings is 3. The predicted octanol–water partition coefficient (Wildman–Crippen LogP) is 6.75. The fourth-order valence-corrected chi connectivity index (χ4v) is 6.84. The molecule has 7 nitrogen and oxygen atoms in total. The van der Waals surface area contributed by atoms with Gasteiger partial charge in [-0.25, -0.2) is 4.79 Å². The van der Waals surface area contributed by atoms with E-state index in [9.17, 15) is 14.4 Å². The number of nitrogens with one attached hydrogen (secondary N) is 3. The highest BCUT2D eigenvalue weighted by molar-refractivity contribution is 5.91. The summed E-state index contributed by atoms with van der Waals surface area (Å²) in [5.74, 6) is -0.0563. The highest BCUT2D eigenvalue weighted by Gasteiger charge is 2.32. The van der Waals surface area contributed by atoms with Gasteiger partial charge in [0.05, 0.1) is 0 Å². The summed E-state index contributed by atoms with van der Waals surface area (Å²) >= 11 is 0. The summed E-state index contributed by atoms with van der Waals surface area (Å²) < 4.78 is 5.76. The molecular formula is C38H47N3O4. The van der Waals surface area contributed by atoms with Gasteiger partial charge in [0, 0.05) is 12.5 Å². The first kappa shape index (κ1) is 32.3. The monoisotopic (exact) mass is 609 g/mol. The second kappa shape index (κ2) is 15.7. The number of hydrogen-bond acceptors (Lipinski definition) is 4. The van der Waals surface area contributed by atoms with E-state index in [1.807, 2.05) is 68.4 Å². The quantitative estimate of drug-likeness (QED) is 0.200. The third-order valence-corrected chi connectivity index (χ3v) is 9.14. The van der Waals surface area contributed by atoms with Gasteiger partial charge in [0.2, 0.25) is 11.8 Å². The number of alkyl carbamates (subject to hydrolysis) is 1. The average molecular weight is 610 g/mol. The molecule has 0 spiro atoms. The summed E-state index contributed by atoms with van der Waals surface area (Å²) in [6.07, 6.45) is 6.78. The van der Waals surface area contributed by atoms with E-state index < -0.39 is 18.2 Å². The summed E-state index contributed by atoms with van der Waals surface area (Å²) in [6, 6.07) is 25.0. The van der Waals surface area contributed by atoms with Crippen LogP contribution in [-0.4, -0.2) is 43.1 Å². The van der Waals surface area contributed by atoms with Gasteiger partial charge in [-0.3, -0.25) is 9.59 Å². The minimum absolute atomic E-state index is 0.0695. The van der Waals surface area contributed by atoms with E-state index in [1.54, 1.807) is 0 Å². The molecule has 0 unspecified atom stereocenters. The van der Waals surface area contributed by atoms with E-state index in [2.05, 4.69) is 40.2 Å². The molecule has 5 rings (SSSR count). The van der Waals surface area contributed by atoms with Crippen molar-refractivity contribution in [1.29, 1.82) is 0 Å². The Bertz CT molecular complexity index is 1390. The van der Waals surface area contributed by atoms with Crippen LogP contribution in [-0.2, 0) is 20.7 Å². The van der Waals surface area contributed by atoms with Gasteiger partial charge >= 0.3 is 6.09 Å². The number of fused-ring (bicyclic) bond motifs is 3.